The lowest BCUT2D eigenvalue weighted by molar-refractivity contribution is 0.0938. The van der Waals surface area contributed by atoms with Gasteiger partial charge in [-0.25, -0.2) is 0 Å². The Morgan fingerprint density at radius 2 is 2.06 bits per heavy atom. The van der Waals surface area contributed by atoms with Crippen molar-refractivity contribution in [3.63, 3.8) is 0 Å². The van der Waals surface area contributed by atoms with Crippen molar-refractivity contribution in [2.24, 2.45) is 0 Å². The molecule has 0 atom stereocenters. The monoisotopic (exact) mass is 263 g/mol. The van der Waals surface area contributed by atoms with Gasteiger partial charge in [0.1, 0.15) is 0 Å². The normalized spacial score (nSPS) is 10.7. The van der Waals surface area contributed by atoms with Crippen molar-refractivity contribution in [1.82, 2.24) is 5.32 Å². The van der Waals surface area contributed by atoms with E-state index in [-0.39, 0.29) is 6.61 Å². The molecule has 16 heavy (non-hydrogen) atoms. The van der Waals surface area contributed by atoms with Crippen LogP contribution in [0.3, 0.4) is 0 Å². The summed E-state index contributed by atoms with van der Waals surface area (Å²) in [6, 6.07) is 5.38. The Hall–Kier alpha value is -0.320. The van der Waals surface area contributed by atoms with Crippen LogP contribution in [0, 0.1) is 0 Å². The maximum Gasteiger partial charge on any atom is 0.0698 e. The number of rotatable bonds is 7. The number of nitrogens with one attached hydrogen (secondary N) is 1. The van der Waals surface area contributed by atoms with Crippen molar-refractivity contribution in [3.8, 4) is 0 Å². The number of hydrogen-bond acceptors (Lipinski definition) is 3. The second-order valence-electron chi connectivity index (χ2n) is 3.25. The van der Waals surface area contributed by atoms with Gasteiger partial charge in [-0.2, -0.15) is 0 Å². The third-order valence-corrected chi connectivity index (χ3v) is 2.59. The standard InChI is InChI=1S/C11H15Cl2NO2/c12-10-1-2-11(13)9(7-10)8-14-3-5-16-6-4-15/h1-2,7,14-15H,3-6,8H2. The minimum absolute atomic E-state index is 0.0557. The van der Waals surface area contributed by atoms with E-state index in [1.165, 1.54) is 0 Å². The first-order chi connectivity index (χ1) is 7.74. The molecule has 0 heterocycles. The van der Waals surface area contributed by atoms with Gasteiger partial charge in [-0.05, 0) is 23.8 Å². The summed E-state index contributed by atoms with van der Waals surface area (Å²) in [6.45, 7) is 2.36. The van der Waals surface area contributed by atoms with E-state index in [9.17, 15) is 0 Å². The molecular weight excluding hydrogens is 249 g/mol. The van der Waals surface area contributed by atoms with Crippen LogP contribution in [0.2, 0.25) is 10.0 Å². The summed E-state index contributed by atoms with van der Waals surface area (Å²) in [5.74, 6) is 0. The number of aliphatic hydroxyl groups excluding tert-OH is 1. The molecule has 0 fully saturated rings. The second-order valence-corrected chi connectivity index (χ2v) is 4.09. The molecule has 0 bridgehead atoms. The van der Waals surface area contributed by atoms with Crippen molar-refractivity contribution in [2.75, 3.05) is 26.4 Å². The van der Waals surface area contributed by atoms with Crippen LogP contribution in [-0.4, -0.2) is 31.5 Å². The van der Waals surface area contributed by atoms with Crippen LogP contribution in [0.25, 0.3) is 0 Å². The summed E-state index contributed by atoms with van der Waals surface area (Å²) in [6.07, 6.45) is 0. The largest absolute Gasteiger partial charge is 0.394 e. The van der Waals surface area contributed by atoms with Crippen molar-refractivity contribution in [1.29, 1.82) is 0 Å². The molecule has 90 valence electrons. The van der Waals surface area contributed by atoms with Crippen molar-refractivity contribution >= 4 is 23.2 Å². The molecule has 0 amide bonds. The van der Waals surface area contributed by atoms with E-state index in [4.69, 9.17) is 33.0 Å². The third kappa shape index (κ3) is 5.14. The fourth-order valence-corrected chi connectivity index (χ4v) is 1.59. The highest BCUT2D eigenvalue weighted by Crippen LogP contribution is 2.20. The molecule has 2 N–H and O–H groups in total. The van der Waals surface area contributed by atoms with E-state index in [1.54, 1.807) is 12.1 Å². The Balaban J connectivity index is 2.23. The predicted octanol–water partition coefficient (Wildman–Crippen LogP) is 2.09. The molecule has 0 aliphatic carbocycles. The minimum atomic E-state index is 0.0557. The van der Waals surface area contributed by atoms with Crippen LogP contribution in [0.1, 0.15) is 5.56 Å². The quantitative estimate of drug-likeness (QED) is 0.741. The molecule has 0 aliphatic heterocycles. The molecule has 0 aromatic heterocycles. The fraction of sp³-hybridized carbons (Fsp3) is 0.455. The smallest absolute Gasteiger partial charge is 0.0698 e. The van der Waals surface area contributed by atoms with Crippen LogP contribution < -0.4 is 5.32 Å². The molecule has 1 aromatic rings. The van der Waals surface area contributed by atoms with E-state index >= 15 is 0 Å². The van der Waals surface area contributed by atoms with Gasteiger partial charge in [0.05, 0.1) is 19.8 Å². The Kier molecular flexibility index (Phi) is 6.76. The van der Waals surface area contributed by atoms with E-state index in [2.05, 4.69) is 5.32 Å². The lowest BCUT2D eigenvalue weighted by Crippen LogP contribution is -2.20. The summed E-state index contributed by atoms with van der Waals surface area (Å²) in [7, 11) is 0. The van der Waals surface area contributed by atoms with Crippen LogP contribution in [-0.2, 0) is 11.3 Å². The average Bonchev–Trinajstić information content (AvgIpc) is 2.28. The number of halogens is 2. The first-order valence-electron chi connectivity index (χ1n) is 5.07. The maximum atomic E-state index is 8.49. The minimum Gasteiger partial charge on any atom is -0.394 e. The highest BCUT2D eigenvalue weighted by molar-refractivity contribution is 6.33. The van der Waals surface area contributed by atoms with Crippen molar-refractivity contribution in [2.45, 2.75) is 6.54 Å². The summed E-state index contributed by atoms with van der Waals surface area (Å²) in [4.78, 5) is 0. The Bertz CT molecular complexity index is 321. The van der Waals surface area contributed by atoms with Crippen molar-refractivity contribution < 1.29 is 9.84 Å². The lowest BCUT2D eigenvalue weighted by Gasteiger charge is -2.07. The molecule has 0 radical (unpaired) electrons. The summed E-state index contributed by atoms with van der Waals surface area (Å²) < 4.78 is 5.10. The molecule has 1 aromatic carbocycles. The molecule has 0 spiro atoms. The van der Waals surface area contributed by atoms with Gasteiger partial charge in [0, 0.05) is 23.1 Å². The maximum absolute atomic E-state index is 8.49. The molecule has 1 rings (SSSR count). The van der Waals surface area contributed by atoms with Gasteiger partial charge >= 0.3 is 0 Å². The van der Waals surface area contributed by atoms with E-state index in [0.717, 1.165) is 5.56 Å². The first kappa shape index (κ1) is 13.7. The van der Waals surface area contributed by atoms with E-state index < -0.39 is 0 Å². The van der Waals surface area contributed by atoms with Crippen LogP contribution in [0.15, 0.2) is 18.2 Å². The third-order valence-electron chi connectivity index (χ3n) is 1.98. The number of aliphatic hydroxyl groups is 1. The molecule has 0 unspecified atom stereocenters. The van der Waals surface area contributed by atoms with Crippen molar-refractivity contribution in [3.05, 3.63) is 33.8 Å². The molecule has 0 saturated heterocycles. The molecule has 0 aliphatic rings. The Morgan fingerprint density at radius 1 is 1.25 bits per heavy atom. The topological polar surface area (TPSA) is 41.5 Å². The van der Waals surface area contributed by atoms with Gasteiger partial charge in [0.2, 0.25) is 0 Å². The van der Waals surface area contributed by atoms with Crippen LogP contribution in [0.5, 0.6) is 0 Å². The summed E-state index contributed by atoms with van der Waals surface area (Å²) in [5.41, 5.74) is 0.969. The Labute approximate surface area is 105 Å². The van der Waals surface area contributed by atoms with Gasteiger partial charge in [0.15, 0.2) is 0 Å². The average molecular weight is 264 g/mol. The SMILES string of the molecule is OCCOCCNCc1cc(Cl)ccc1Cl. The summed E-state index contributed by atoms with van der Waals surface area (Å²) in [5, 5.41) is 13.0. The number of hydrogen-bond donors (Lipinski definition) is 2. The molecule has 3 nitrogen and oxygen atoms in total. The zero-order chi connectivity index (χ0) is 11.8. The predicted molar refractivity (Wildman–Crippen MR) is 66.1 cm³/mol. The van der Waals surface area contributed by atoms with Crippen LogP contribution in [0.4, 0.5) is 0 Å². The van der Waals surface area contributed by atoms with Crippen LogP contribution >= 0.6 is 23.2 Å². The second kappa shape index (κ2) is 7.87. The highest BCUT2D eigenvalue weighted by atomic mass is 35.5. The zero-order valence-electron chi connectivity index (χ0n) is 8.88. The zero-order valence-corrected chi connectivity index (χ0v) is 10.4. The lowest BCUT2D eigenvalue weighted by atomic mass is 10.2. The fourth-order valence-electron chi connectivity index (χ4n) is 1.21. The molecule has 0 saturated carbocycles. The Morgan fingerprint density at radius 3 is 2.81 bits per heavy atom. The van der Waals surface area contributed by atoms with Gasteiger partial charge in [0.25, 0.3) is 0 Å². The molecule has 5 heteroatoms. The summed E-state index contributed by atoms with van der Waals surface area (Å²) >= 11 is 11.9. The van der Waals surface area contributed by atoms with Gasteiger partial charge < -0.3 is 15.2 Å². The van der Waals surface area contributed by atoms with E-state index in [1.807, 2.05) is 6.07 Å². The molecular formula is C11H15Cl2NO2. The van der Waals surface area contributed by atoms with E-state index in [0.29, 0.717) is 36.3 Å². The van der Waals surface area contributed by atoms with Gasteiger partial charge in [-0.15, -0.1) is 0 Å². The van der Waals surface area contributed by atoms with Gasteiger partial charge in [-0.1, -0.05) is 23.2 Å². The number of ether oxygens (including phenoxy) is 1. The van der Waals surface area contributed by atoms with Gasteiger partial charge in [-0.3, -0.25) is 0 Å². The number of benzene rings is 1. The first-order valence-corrected chi connectivity index (χ1v) is 5.83. The highest BCUT2D eigenvalue weighted by Gasteiger charge is 2.00.